The van der Waals surface area contributed by atoms with Gasteiger partial charge in [-0.3, -0.25) is 4.98 Å². The van der Waals surface area contributed by atoms with E-state index in [9.17, 15) is 4.79 Å². The first-order valence-corrected chi connectivity index (χ1v) is 9.62. The van der Waals surface area contributed by atoms with Crippen molar-refractivity contribution in [3.63, 3.8) is 0 Å². The Labute approximate surface area is 169 Å². The van der Waals surface area contributed by atoms with E-state index in [-0.39, 0.29) is 6.03 Å². The number of hydrogen-bond acceptors (Lipinski definition) is 3. The molecule has 0 saturated heterocycles. The molecule has 6 nitrogen and oxygen atoms in total. The molecule has 4 aromatic rings. The van der Waals surface area contributed by atoms with E-state index in [2.05, 4.69) is 20.7 Å². The van der Waals surface area contributed by atoms with Gasteiger partial charge in [0.25, 0.3) is 0 Å². The lowest BCUT2D eigenvalue weighted by molar-refractivity contribution is 0.252. The summed E-state index contributed by atoms with van der Waals surface area (Å²) in [5, 5.41) is 11.5. The lowest BCUT2D eigenvalue weighted by Crippen LogP contribution is -2.31. The normalized spacial score (nSPS) is 10.8. The number of nitrogens with one attached hydrogen (secondary N) is 2. The highest BCUT2D eigenvalue weighted by Gasteiger charge is 2.11. The largest absolute Gasteiger partial charge is 0.338 e. The Kier molecular flexibility index (Phi) is 5.24. The van der Waals surface area contributed by atoms with Gasteiger partial charge in [0.05, 0.1) is 22.6 Å². The number of pyridine rings is 1. The highest BCUT2D eigenvalue weighted by atomic mass is 16.2. The maximum atomic E-state index is 12.5. The summed E-state index contributed by atoms with van der Waals surface area (Å²) in [4.78, 5) is 16.9. The van der Waals surface area contributed by atoms with Crippen LogP contribution in [0.15, 0.2) is 66.9 Å². The van der Waals surface area contributed by atoms with Crippen LogP contribution in [-0.2, 0) is 6.42 Å². The number of carbonyl (C=O) groups is 1. The van der Waals surface area contributed by atoms with Crippen molar-refractivity contribution in [3.8, 4) is 5.69 Å². The molecule has 0 radical (unpaired) electrons. The number of rotatable bonds is 5. The van der Waals surface area contributed by atoms with Crippen LogP contribution in [0.4, 0.5) is 10.5 Å². The number of anilines is 1. The molecule has 0 aliphatic heterocycles. The van der Waals surface area contributed by atoms with Gasteiger partial charge in [0.2, 0.25) is 0 Å². The second-order valence-electron chi connectivity index (χ2n) is 6.98. The number of benzene rings is 2. The van der Waals surface area contributed by atoms with E-state index in [1.165, 1.54) is 0 Å². The predicted octanol–water partition coefficient (Wildman–Crippen LogP) is 4.40. The standard InChI is InChI=1S/C23H23N5O/c1-16-15-17(2)28(27-16)21-11-4-3-10-20(21)26-23(29)25-14-12-19-8-5-7-18-9-6-13-24-22(18)19/h3-11,13,15H,12,14H2,1-2H3,(H2,25,26,29). The molecule has 4 rings (SSSR count). The Morgan fingerprint density at radius 1 is 1.03 bits per heavy atom. The highest BCUT2D eigenvalue weighted by molar-refractivity contribution is 5.91. The number of nitrogens with zero attached hydrogens (tertiary/aromatic N) is 3. The molecule has 2 heterocycles. The van der Waals surface area contributed by atoms with Crippen LogP contribution in [0, 0.1) is 13.8 Å². The number of para-hydroxylation sites is 3. The molecule has 0 unspecified atom stereocenters. The summed E-state index contributed by atoms with van der Waals surface area (Å²) in [5.74, 6) is 0. The number of hydrogen-bond donors (Lipinski definition) is 2. The average molecular weight is 385 g/mol. The quantitative estimate of drug-likeness (QED) is 0.535. The first-order valence-electron chi connectivity index (χ1n) is 9.62. The summed E-state index contributed by atoms with van der Waals surface area (Å²) in [6.07, 6.45) is 2.50. The van der Waals surface area contributed by atoms with Gasteiger partial charge in [0.15, 0.2) is 0 Å². The molecular weight excluding hydrogens is 362 g/mol. The van der Waals surface area contributed by atoms with Crippen LogP contribution < -0.4 is 10.6 Å². The van der Waals surface area contributed by atoms with Gasteiger partial charge in [0, 0.05) is 23.8 Å². The smallest absolute Gasteiger partial charge is 0.319 e. The third-order valence-electron chi connectivity index (χ3n) is 4.79. The van der Waals surface area contributed by atoms with Crippen LogP contribution in [0.2, 0.25) is 0 Å². The van der Waals surface area contributed by atoms with Crippen LogP contribution >= 0.6 is 0 Å². The van der Waals surface area contributed by atoms with Gasteiger partial charge in [-0.25, -0.2) is 9.48 Å². The number of fused-ring (bicyclic) bond motifs is 1. The lowest BCUT2D eigenvalue weighted by Gasteiger charge is -2.13. The molecule has 29 heavy (non-hydrogen) atoms. The van der Waals surface area contributed by atoms with Gasteiger partial charge in [-0.2, -0.15) is 5.10 Å². The summed E-state index contributed by atoms with van der Waals surface area (Å²) < 4.78 is 1.84. The van der Waals surface area contributed by atoms with Crippen molar-refractivity contribution in [1.29, 1.82) is 0 Å². The molecule has 0 bridgehead atoms. The van der Waals surface area contributed by atoms with Crippen LogP contribution in [0.5, 0.6) is 0 Å². The zero-order valence-corrected chi connectivity index (χ0v) is 16.5. The minimum Gasteiger partial charge on any atom is -0.338 e. The maximum Gasteiger partial charge on any atom is 0.319 e. The van der Waals surface area contributed by atoms with Crippen molar-refractivity contribution in [2.45, 2.75) is 20.3 Å². The molecule has 2 N–H and O–H groups in total. The van der Waals surface area contributed by atoms with E-state index >= 15 is 0 Å². The van der Waals surface area contributed by atoms with Gasteiger partial charge >= 0.3 is 6.03 Å². The van der Waals surface area contributed by atoms with Gasteiger partial charge < -0.3 is 10.6 Å². The third kappa shape index (κ3) is 4.11. The fourth-order valence-electron chi connectivity index (χ4n) is 3.48. The van der Waals surface area contributed by atoms with E-state index in [0.717, 1.165) is 33.5 Å². The van der Waals surface area contributed by atoms with Gasteiger partial charge in [-0.05, 0) is 50.1 Å². The molecule has 146 valence electrons. The van der Waals surface area contributed by atoms with Crippen LogP contribution in [0.3, 0.4) is 0 Å². The van der Waals surface area contributed by atoms with Crippen molar-refractivity contribution in [3.05, 3.63) is 83.8 Å². The Morgan fingerprint density at radius 3 is 2.69 bits per heavy atom. The van der Waals surface area contributed by atoms with Crippen LogP contribution in [-0.4, -0.2) is 27.3 Å². The second kappa shape index (κ2) is 8.14. The molecule has 2 amide bonds. The topological polar surface area (TPSA) is 71.8 Å². The molecule has 0 atom stereocenters. The molecule has 0 aliphatic carbocycles. The van der Waals surface area contributed by atoms with Crippen LogP contribution in [0.1, 0.15) is 17.0 Å². The zero-order chi connectivity index (χ0) is 20.2. The maximum absolute atomic E-state index is 12.5. The van der Waals surface area contributed by atoms with Crippen molar-refractivity contribution >= 4 is 22.6 Å². The molecule has 0 saturated carbocycles. The minimum absolute atomic E-state index is 0.243. The minimum atomic E-state index is -0.243. The van der Waals surface area contributed by atoms with E-state index < -0.39 is 0 Å². The summed E-state index contributed by atoms with van der Waals surface area (Å²) >= 11 is 0. The summed E-state index contributed by atoms with van der Waals surface area (Å²) in [6.45, 7) is 4.47. The Bertz CT molecular complexity index is 1160. The summed E-state index contributed by atoms with van der Waals surface area (Å²) in [5.41, 5.74) is 5.60. The SMILES string of the molecule is Cc1cc(C)n(-c2ccccc2NC(=O)NCCc2cccc3cccnc23)n1. The first kappa shape index (κ1) is 18.7. The number of amides is 2. The third-order valence-corrected chi connectivity index (χ3v) is 4.79. The molecule has 2 aromatic carbocycles. The molecule has 0 spiro atoms. The van der Waals surface area contributed by atoms with E-state index in [0.29, 0.717) is 18.7 Å². The monoisotopic (exact) mass is 385 g/mol. The number of carbonyl (C=O) groups excluding carboxylic acids is 1. The number of aromatic nitrogens is 3. The van der Waals surface area contributed by atoms with Crippen molar-refractivity contribution in [1.82, 2.24) is 20.1 Å². The van der Waals surface area contributed by atoms with E-state index in [1.54, 1.807) is 6.20 Å². The predicted molar refractivity (Wildman–Crippen MR) is 116 cm³/mol. The van der Waals surface area contributed by atoms with E-state index in [4.69, 9.17) is 0 Å². The molecule has 6 heteroatoms. The zero-order valence-electron chi connectivity index (χ0n) is 16.5. The van der Waals surface area contributed by atoms with Gasteiger partial charge in [-0.1, -0.05) is 36.4 Å². The highest BCUT2D eigenvalue weighted by Crippen LogP contribution is 2.21. The molecule has 0 fully saturated rings. The van der Waals surface area contributed by atoms with Gasteiger partial charge in [-0.15, -0.1) is 0 Å². The van der Waals surface area contributed by atoms with Crippen molar-refractivity contribution in [2.24, 2.45) is 0 Å². The second-order valence-corrected chi connectivity index (χ2v) is 6.98. The number of urea groups is 1. The number of aryl methyl sites for hydroxylation is 2. The molecule has 0 aliphatic rings. The summed E-state index contributed by atoms with van der Waals surface area (Å²) in [7, 11) is 0. The Morgan fingerprint density at radius 2 is 1.86 bits per heavy atom. The van der Waals surface area contributed by atoms with Crippen LogP contribution in [0.25, 0.3) is 16.6 Å². The fourth-order valence-corrected chi connectivity index (χ4v) is 3.48. The van der Waals surface area contributed by atoms with Crippen molar-refractivity contribution in [2.75, 3.05) is 11.9 Å². The average Bonchev–Trinajstić information content (AvgIpc) is 3.06. The fraction of sp³-hybridized carbons (Fsp3) is 0.174. The lowest BCUT2D eigenvalue weighted by atomic mass is 10.1. The van der Waals surface area contributed by atoms with E-state index in [1.807, 2.05) is 79.2 Å². The Balaban J connectivity index is 1.42. The summed E-state index contributed by atoms with van der Waals surface area (Å²) in [6, 6.07) is 19.5. The molecular formula is C23H23N5O. The Hall–Kier alpha value is -3.67. The van der Waals surface area contributed by atoms with Gasteiger partial charge in [0.1, 0.15) is 0 Å². The van der Waals surface area contributed by atoms with Crippen molar-refractivity contribution < 1.29 is 4.79 Å². The molecule has 2 aromatic heterocycles. The first-order chi connectivity index (χ1) is 14.1.